The second-order valence-electron chi connectivity index (χ2n) is 5.05. The highest BCUT2D eigenvalue weighted by atomic mass is 15.1. The van der Waals surface area contributed by atoms with E-state index in [9.17, 15) is 0 Å². The van der Waals surface area contributed by atoms with Crippen LogP contribution in [0.3, 0.4) is 0 Å². The molecule has 0 aromatic carbocycles. The molecule has 84 valence electrons. The molecule has 2 N–H and O–H groups in total. The predicted molar refractivity (Wildman–Crippen MR) is 62.3 cm³/mol. The van der Waals surface area contributed by atoms with Crippen molar-refractivity contribution in [2.75, 3.05) is 20.1 Å². The predicted octanol–water partition coefficient (Wildman–Crippen LogP) is 2.24. The first-order chi connectivity index (χ1) is 6.63. The Balaban J connectivity index is 2.25. The van der Waals surface area contributed by atoms with Crippen molar-refractivity contribution in [2.24, 2.45) is 11.1 Å². The molecule has 0 radical (unpaired) electrons. The number of nitrogens with two attached hydrogens (primary N) is 1. The van der Waals surface area contributed by atoms with Crippen LogP contribution in [0.5, 0.6) is 0 Å². The van der Waals surface area contributed by atoms with E-state index in [-0.39, 0.29) is 0 Å². The summed E-state index contributed by atoms with van der Waals surface area (Å²) < 4.78 is 0. The van der Waals surface area contributed by atoms with Gasteiger partial charge in [0.25, 0.3) is 0 Å². The van der Waals surface area contributed by atoms with Gasteiger partial charge in [0, 0.05) is 6.04 Å². The van der Waals surface area contributed by atoms with Crippen LogP contribution in [0.1, 0.15) is 46.0 Å². The molecular formula is C12H26N2. The van der Waals surface area contributed by atoms with E-state index in [1.807, 2.05) is 0 Å². The van der Waals surface area contributed by atoms with Crippen molar-refractivity contribution < 1.29 is 0 Å². The fourth-order valence-corrected chi connectivity index (χ4v) is 2.18. The topological polar surface area (TPSA) is 29.3 Å². The summed E-state index contributed by atoms with van der Waals surface area (Å²) in [7, 11) is 2.23. The summed E-state index contributed by atoms with van der Waals surface area (Å²) in [5.41, 5.74) is 6.36. The molecule has 0 spiro atoms. The van der Waals surface area contributed by atoms with Crippen LogP contribution in [0.4, 0.5) is 0 Å². The second kappa shape index (κ2) is 5.13. The molecular weight excluding hydrogens is 172 g/mol. The van der Waals surface area contributed by atoms with Gasteiger partial charge in [-0.2, -0.15) is 0 Å². The Morgan fingerprint density at radius 3 is 2.43 bits per heavy atom. The molecule has 14 heavy (non-hydrogen) atoms. The van der Waals surface area contributed by atoms with Crippen LogP contribution in [-0.4, -0.2) is 31.1 Å². The van der Waals surface area contributed by atoms with Gasteiger partial charge in [-0.25, -0.2) is 0 Å². The van der Waals surface area contributed by atoms with Gasteiger partial charge in [0.15, 0.2) is 0 Å². The maximum atomic E-state index is 5.85. The standard InChI is InChI=1S/C12H26N2/c1-4-11(2)14(3)9-8-12(10-13)6-5-7-12/h11H,4-10,13H2,1-3H3. The summed E-state index contributed by atoms with van der Waals surface area (Å²) in [6.45, 7) is 6.66. The van der Waals surface area contributed by atoms with Crippen LogP contribution in [0.2, 0.25) is 0 Å². The van der Waals surface area contributed by atoms with Crippen LogP contribution in [0.15, 0.2) is 0 Å². The monoisotopic (exact) mass is 198 g/mol. The summed E-state index contributed by atoms with van der Waals surface area (Å²) >= 11 is 0. The number of rotatable bonds is 6. The molecule has 2 heteroatoms. The van der Waals surface area contributed by atoms with Crippen molar-refractivity contribution in [1.29, 1.82) is 0 Å². The molecule has 1 fully saturated rings. The van der Waals surface area contributed by atoms with Crippen LogP contribution >= 0.6 is 0 Å². The first-order valence-corrected chi connectivity index (χ1v) is 6.04. The highest BCUT2D eigenvalue weighted by Crippen LogP contribution is 2.42. The lowest BCUT2D eigenvalue weighted by Gasteiger charge is -2.42. The van der Waals surface area contributed by atoms with E-state index < -0.39 is 0 Å². The maximum absolute atomic E-state index is 5.85. The minimum Gasteiger partial charge on any atom is -0.330 e. The highest BCUT2D eigenvalue weighted by Gasteiger charge is 2.35. The first kappa shape index (κ1) is 12.0. The smallest absolute Gasteiger partial charge is 0.00612 e. The van der Waals surface area contributed by atoms with Crippen LogP contribution < -0.4 is 5.73 Å². The number of nitrogens with zero attached hydrogens (tertiary/aromatic N) is 1. The zero-order valence-electron chi connectivity index (χ0n) is 10.1. The van der Waals surface area contributed by atoms with Crippen molar-refractivity contribution in [2.45, 2.75) is 52.0 Å². The number of hydrogen-bond donors (Lipinski definition) is 1. The van der Waals surface area contributed by atoms with E-state index in [2.05, 4.69) is 25.8 Å². The molecule has 1 unspecified atom stereocenters. The minimum atomic E-state index is 0.516. The van der Waals surface area contributed by atoms with Gasteiger partial charge in [0.05, 0.1) is 0 Å². The van der Waals surface area contributed by atoms with Gasteiger partial charge in [-0.1, -0.05) is 13.3 Å². The van der Waals surface area contributed by atoms with E-state index in [0.29, 0.717) is 11.5 Å². The van der Waals surface area contributed by atoms with Crippen molar-refractivity contribution >= 4 is 0 Å². The Hall–Kier alpha value is -0.0800. The Morgan fingerprint density at radius 2 is 2.07 bits per heavy atom. The molecule has 0 saturated heterocycles. The zero-order valence-corrected chi connectivity index (χ0v) is 10.1. The average Bonchev–Trinajstić information content (AvgIpc) is 2.15. The molecule has 0 bridgehead atoms. The van der Waals surface area contributed by atoms with E-state index in [0.717, 1.165) is 6.54 Å². The Labute approximate surface area is 88.8 Å². The third-order valence-corrected chi connectivity index (χ3v) is 4.19. The first-order valence-electron chi connectivity index (χ1n) is 6.04. The Bertz CT molecular complexity index is 158. The molecule has 0 amide bonds. The largest absolute Gasteiger partial charge is 0.330 e. The van der Waals surface area contributed by atoms with Gasteiger partial charge >= 0.3 is 0 Å². The SMILES string of the molecule is CCC(C)N(C)CCC1(CN)CCC1. The third-order valence-electron chi connectivity index (χ3n) is 4.19. The van der Waals surface area contributed by atoms with Gasteiger partial charge in [-0.05, 0) is 58.2 Å². The van der Waals surface area contributed by atoms with Crippen molar-refractivity contribution in [3.05, 3.63) is 0 Å². The lowest BCUT2D eigenvalue weighted by atomic mass is 9.66. The van der Waals surface area contributed by atoms with Gasteiger partial charge in [-0.3, -0.25) is 0 Å². The lowest BCUT2D eigenvalue weighted by Crippen LogP contribution is -2.41. The van der Waals surface area contributed by atoms with Gasteiger partial charge in [-0.15, -0.1) is 0 Å². The van der Waals surface area contributed by atoms with Gasteiger partial charge < -0.3 is 10.6 Å². The normalized spacial score (nSPS) is 22.1. The van der Waals surface area contributed by atoms with E-state index in [1.54, 1.807) is 0 Å². The fourth-order valence-electron chi connectivity index (χ4n) is 2.18. The van der Waals surface area contributed by atoms with E-state index in [4.69, 9.17) is 5.73 Å². The average molecular weight is 198 g/mol. The molecule has 1 aliphatic rings. The second-order valence-corrected chi connectivity index (χ2v) is 5.05. The molecule has 0 aliphatic heterocycles. The lowest BCUT2D eigenvalue weighted by molar-refractivity contribution is 0.103. The maximum Gasteiger partial charge on any atom is 0.00612 e. The highest BCUT2D eigenvalue weighted by molar-refractivity contribution is 4.89. The molecule has 1 saturated carbocycles. The van der Waals surface area contributed by atoms with E-state index in [1.165, 1.54) is 38.6 Å². The third kappa shape index (κ3) is 2.71. The van der Waals surface area contributed by atoms with Gasteiger partial charge in [0.1, 0.15) is 0 Å². The summed E-state index contributed by atoms with van der Waals surface area (Å²) in [5, 5.41) is 0. The Kier molecular flexibility index (Phi) is 4.39. The van der Waals surface area contributed by atoms with E-state index >= 15 is 0 Å². The molecule has 2 nitrogen and oxygen atoms in total. The summed E-state index contributed by atoms with van der Waals surface area (Å²) in [6.07, 6.45) is 6.65. The summed E-state index contributed by atoms with van der Waals surface area (Å²) in [5.74, 6) is 0. The minimum absolute atomic E-state index is 0.516. The van der Waals surface area contributed by atoms with Crippen molar-refractivity contribution in [3.8, 4) is 0 Å². The molecule has 0 heterocycles. The molecule has 0 aromatic heterocycles. The summed E-state index contributed by atoms with van der Waals surface area (Å²) in [4.78, 5) is 2.47. The molecule has 0 aromatic rings. The van der Waals surface area contributed by atoms with Crippen molar-refractivity contribution in [3.63, 3.8) is 0 Å². The summed E-state index contributed by atoms with van der Waals surface area (Å²) in [6, 6.07) is 0.713. The fraction of sp³-hybridized carbons (Fsp3) is 1.00. The Morgan fingerprint density at radius 1 is 1.43 bits per heavy atom. The molecule has 1 aliphatic carbocycles. The quantitative estimate of drug-likeness (QED) is 0.709. The van der Waals surface area contributed by atoms with Gasteiger partial charge in [0.2, 0.25) is 0 Å². The van der Waals surface area contributed by atoms with Crippen molar-refractivity contribution in [1.82, 2.24) is 4.90 Å². The van der Waals surface area contributed by atoms with Crippen LogP contribution in [0.25, 0.3) is 0 Å². The van der Waals surface area contributed by atoms with Crippen LogP contribution in [0, 0.1) is 5.41 Å². The van der Waals surface area contributed by atoms with Crippen LogP contribution in [-0.2, 0) is 0 Å². The molecule has 1 rings (SSSR count). The number of hydrogen-bond acceptors (Lipinski definition) is 2. The molecule has 1 atom stereocenters. The zero-order chi connectivity index (χ0) is 10.6.